The van der Waals surface area contributed by atoms with Crippen LogP contribution in [0.3, 0.4) is 0 Å². The summed E-state index contributed by atoms with van der Waals surface area (Å²) in [4.78, 5) is 25.9. The molecule has 0 spiro atoms. The SMILES string of the molecule is CCOC(=O)CN(C(=O)c1c(C)oc(C)c1C)C1CC1. The van der Waals surface area contributed by atoms with Crippen molar-refractivity contribution in [2.75, 3.05) is 13.2 Å². The molecule has 2 rings (SSSR count). The molecule has 5 heteroatoms. The molecule has 1 aromatic rings. The van der Waals surface area contributed by atoms with Crippen LogP contribution in [0, 0.1) is 20.8 Å². The van der Waals surface area contributed by atoms with Gasteiger partial charge in [-0.15, -0.1) is 0 Å². The third kappa shape index (κ3) is 2.86. The molecule has 0 radical (unpaired) electrons. The number of rotatable bonds is 5. The van der Waals surface area contributed by atoms with E-state index in [0.717, 1.165) is 24.2 Å². The summed E-state index contributed by atoms with van der Waals surface area (Å²) in [6.07, 6.45) is 1.89. The number of carbonyl (C=O) groups is 2. The molecule has 0 unspecified atom stereocenters. The van der Waals surface area contributed by atoms with Crippen molar-refractivity contribution in [3.63, 3.8) is 0 Å². The van der Waals surface area contributed by atoms with Gasteiger partial charge in [0.15, 0.2) is 0 Å². The maximum Gasteiger partial charge on any atom is 0.325 e. The summed E-state index contributed by atoms with van der Waals surface area (Å²) < 4.78 is 10.5. The minimum atomic E-state index is -0.358. The van der Waals surface area contributed by atoms with Crippen LogP contribution in [0.2, 0.25) is 0 Å². The minimum absolute atomic E-state index is 0.0143. The van der Waals surface area contributed by atoms with Gasteiger partial charge in [0.2, 0.25) is 0 Å². The van der Waals surface area contributed by atoms with Gasteiger partial charge >= 0.3 is 5.97 Å². The van der Waals surface area contributed by atoms with Crippen molar-refractivity contribution in [1.29, 1.82) is 0 Å². The van der Waals surface area contributed by atoms with Gasteiger partial charge in [-0.1, -0.05) is 0 Å². The lowest BCUT2D eigenvalue weighted by molar-refractivity contribution is -0.144. The second kappa shape index (κ2) is 5.69. The van der Waals surface area contributed by atoms with E-state index in [1.807, 2.05) is 13.8 Å². The van der Waals surface area contributed by atoms with Crippen LogP contribution in [-0.4, -0.2) is 36.0 Å². The standard InChI is InChI=1S/C15H21NO4/c1-5-19-13(17)8-16(12-6-7-12)15(18)14-9(2)10(3)20-11(14)4/h12H,5-8H2,1-4H3. The Hall–Kier alpha value is -1.78. The largest absolute Gasteiger partial charge is 0.466 e. The maximum absolute atomic E-state index is 12.7. The van der Waals surface area contributed by atoms with E-state index in [-0.39, 0.29) is 24.5 Å². The maximum atomic E-state index is 12.7. The highest BCUT2D eigenvalue weighted by Gasteiger charge is 2.36. The van der Waals surface area contributed by atoms with Crippen LogP contribution < -0.4 is 0 Å². The zero-order chi connectivity index (χ0) is 14.9. The summed E-state index contributed by atoms with van der Waals surface area (Å²) in [5.74, 6) is 0.868. The summed E-state index contributed by atoms with van der Waals surface area (Å²) in [7, 11) is 0. The molecular weight excluding hydrogens is 258 g/mol. The fourth-order valence-electron chi connectivity index (χ4n) is 2.35. The van der Waals surface area contributed by atoms with E-state index in [9.17, 15) is 9.59 Å². The molecule has 1 aliphatic rings. The van der Waals surface area contributed by atoms with Gasteiger partial charge in [0, 0.05) is 11.6 Å². The average molecular weight is 279 g/mol. The fraction of sp³-hybridized carbons (Fsp3) is 0.600. The Balaban J connectivity index is 2.21. The molecule has 0 aliphatic heterocycles. The van der Waals surface area contributed by atoms with Crippen LogP contribution in [0.15, 0.2) is 4.42 Å². The zero-order valence-electron chi connectivity index (χ0n) is 12.5. The number of nitrogens with zero attached hydrogens (tertiary/aromatic N) is 1. The second-order valence-electron chi connectivity index (χ2n) is 5.18. The molecule has 0 bridgehead atoms. The monoisotopic (exact) mass is 279 g/mol. The number of furan rings is 1. The Bertz CT molecular complexity index is 528. The normalized spacial score (nSPS) is 14.2. The molecule has 1 amide bonds. The van der Waals surface area contributed by atoms with E-state index in [0.29, 0.717) is 17.9 Å². The van der Waals surface area contributed by atoms with Crippen molar-refractivity contribution in [1.82, 2.24) is 4.90 Å². The molecule has 1 aliphatic carbocycles. The van der Waals surface area contributed by atoms with Gasteiger partial charge < -0.3 is 14.1 Å². The number of hydrogen-bond donors (Lipinski definition) is 0. The average Bonchev–Trinajstić information content (AvgIpc) is 3.16. The van der Waals surface area contributed by atoms with Gasteiger partial charge in [-0.05, 0) is 40.5 Å². The van der Waals surface area contributed by atoms with Crippen molar-refractivity contribution in [3.05, 3.63) is 22.6 Å². The second-order valence-corrected chi connectivity index (χ2v) is 5.18. The predicted molar refractivity (Wildman–Crippen MR) is 73.6 cm³/mol. The van der Waals surface area contributed by atoms with E-state index in [4.69, 9.17) is 9.15 Å². The third-order valence-corrected chi connectivity index (χ3v) is 3.63. The van der Waals surface area contributed by atoms with Gasteiger partial charge in [-0.3, -0.25) is 9.59 Å². The summed E-state index contributed by atoms with van der Waals surface area (Å²) in [5.41, 5.74) is 1.43. The quantitative estimate of drug-likeness (QED) is 0.776. The Kier molecular flexibility index (Phi) is 4.16. The van der Waals surface area contributed by atoms with Gasteiger partial charge in [-0.25, -0.2) is 0 Å². The van der Waals surface area contributed by atoms with Crippen molar-refractivity contribution in [2.24, 2.45) is 0 Å². The van der Waals surface area contributed by atoms with Gasteiger partial charge in [0.1, 0.15) is 18.1 Å². The minimum Gasteiger partial charge on any atom is -0.466 e. The zero-order valence-corrected chi connectivity index (χ0v) is 12.5. The lowest BCUT2D eigenvalue weighted by Crippen LogP contribution is -2.38. The van der Waals surface area contributed by atoms with Gasteiger partial charge in [0.05, 0.1) is 12.2 Å². The first-order valence-electron chi connectivity index (χ1n) is 6.98. The Morgan fingerprint density at radius 1 is 1.25 bits per heavy atom. The smallest absolute Gasteiger partial charge is 0.325 e. The van der Waals surface area contributed by atoms with Crippen molar-refractivity contribution >= 4 is 11.9 Å². The molecule has 1 saturated carbocycles. The molecule has 0 aromatic carbocycles. The van der Waals surface area contributed by atoms with Crippen molar-refractivity contribution in [2.45, 2.75) is 46.6 Å². The van der Waals surface area contributed by atoms with Gasteiger partial charge in [0.25, 0.3) is 5.91 Å². The summed E-state index contributed by atoms with van der Waals surface area (Å²) in [6.45, 7) is 7.59. The topological polar surface area (TPSA) is 59.8 Å². The van der Waals surface area contributed by atoms with Crippen LogP contribution in [0.1, 0.15) is 47.2 Å². The van der Waals surface area contributed by atoms with Gasteiger partial charge in [-0.2, -0.15) is 0 Å². The van der Waals surface area contributed by atoms with Crippen LogP contribution >= 0.6 is 0 Å². The molecule has 1 aromatic heterocycles. The number of hydrogen-bond acceptors (Lipinski definition) is 4. The molecule has 1 heterocycles. The van der Waals surface area contributed by atoms with Crippen molar-refractivity contribution < 1.29 is 18.7 Å². The Labute approximate surface area is 118 Å². The molecule has 5 nitrogen and oxygen atoms in total. The lowest BCUT2D eigenvalue weighted by atomic mass is 10.1. The van der Waals surface area contributed by atoms with Crippen molar-refractivity contribution in [3.8, 4) is 0 Å². The lowest BCUT2D eigenvalue weighted by Gasteiger charge is -2.21. The summed E-state index contributed by atoms with van der Waals surface area (Å²) in [6, 6.07) is 0.154. The Morgan fingerprint density at radius 2 is 1.90 bits per heavy atom. The van der Waals surface area contributed by atoms with E-state index in [1.165, 1.54) is 0 Å². The fourth-order valence-corrected chi connectivity index (χ4v) is 2.35. The number of esters is 1. The number of carbonyl (C=O) groups excluding carboxylic acids is 2. The van der Waals surface area contributed by atoms with E-state index in [2.05, 4.69) is 0 Å². The van der Waals surface area contributed by atoms with Crippen LogP contribution in [-0.2, 0) is 9.53 Å². The summed E-state index contributed by atoms with van der Waals surface area (Å²) >= 11 is 0. The first kappa shape index (κ1) is 14.6. The highest BCUT2D eigenvalue weighted by atomic mass is 16.5. The van der Waals surface area contributed by atoms with E-state index < -0.39 is 0 Å². The first-order chi connectivity index (χ1) is 9.45. The van der Waals surface area contributed by atoms with Crippen LogP contribution in [0.5, 0.6) is 0 Å². The summed E-state index contributed by atoms with van der Waals surface area (Å²) in [5, 5.41) is 0. The molecule has 0 N–H and O–H groups in total. The van der Waals surface area contributed by atoms with E-state index in [1.54, 1.807) is 18.7 Å². The highest BCUT2D eigenvalue weighted by molar-refractivity contribution is 5.98. The molecule has 20 heavy (non-hydrogen) atoms. The molecule has 110 valence electrons. The van der Waals surface area contributed by atoms with Crippen LogP contribution in [0.4, 0.5) is 0 Å². The first-order valence-corrected chi connectivity index (χ1v) is 6.98. The number of amides is 1. The molecule has 0 atom stereocenters. The third-order valence-electron chi connectivity index (χ3n) is 3.63. The molecule has 0 saturated heterocycles. The van der Waals surface area contributed by atoms with E-state index >= 15 is 0 Å². The highest BCUT2D eigenvalue weighted by Crippen LogP contribution is 2.30. The predicted octanol–water partition coefficient (Wildman–Crippen LogP) is 2.37. The number of ether oxygens (including phenoxy) is 1. The molecular formula is C15H21NO4. The Morgan fingerprint density at radius 3 is 2.35 bits per heavy atom. The van der Waals surface area contributed by atoms with Crippen LogP contribution in [0.25, 0.3) is 0 Å². The number of aryl methyl sites for hydroxylation is 2. The molecule has 1 fully saturated rings.